The van der Waals surface area contributed by atoms with Crippen LogP contribution in [0.5, 0.6) is 0 Å². The lowest BCUT2D eigenvalue weighted by molar-refractivity contribution is -0.121. The van der Waals surface area contributed by atoms with Gasteiger partial charge in [-0.2, -0.15) is 5.10 Å². The first-order chi connectivity index (χ1) is 11.7. The maximum atomic E-state index is 12.7. The third kappa shape index (κ3) is 3.79. The zero-order valence-corrected chi connectivity index (χ0v) is 13.3. The molecular weight excluding hydrogens is 300 g/mol. The number of benzene rings is 2. The number of carbonyl (C=O) groups excluding carboxylic acids is 1. The van der Waals surface area contributed by atoms with E-state index in [9.17, 15) is 4.79 Å². The Kier molecular flexibility index (Phi) is 4.87. The van der Waals surface area contributed by atoms with Crippen molar-refractivity contribution < 1.29 is 9.21 Å². The van der Waals surface area contributed by atoms with Gasteiger partial charge in [0, 0.05) is 0 Å². The minimum Gasteiger partial charge on any atom is -0.460 e. The van der Waals surface area contributed by atoms with Crippen molar-refractivity contribution in [2.75, 3.05) is 0 Å². The molecule has 0 atom stereocenters. The summed E-state index contributed by atoms with van der Waals surface area (Å²) < 4.78 is 5.39. The molecule has 2 aromatic carbocycles. The van der Waals surface area contributed by atoms with E-state index in [4.69, 9.17) is 4.42 Å². The highest BCUT2D eigenvalue weighted by Gasteiger charge is 2.22. The van der Waals surface area contributed by atoms with Crippen molar-refractivity contribution in [1.82, 2.24) is 5.43 Å². The van der Waals surface area contributed by atoms with Crippen molar-refractivity contribution in [2.45, 2.75) is 12.8 Å². The van der Waals surface area contributed by atoms with Crippen LogP contribution in [0.4, 0.5) is 0 Å². The fraction of sp³-hybridized carbons (Fsp3) is 0.100. The molecule has 0 aliphatic heterocycles. The van der Waals surface area contributed by atoms with Gasteiger partial charge in [0.1, 0.15) is 11.5 Å². The molecule has 0 aliphatic carbocycles. The highest BCUT2D eigenvalue weighted by Crippen LogP contribution is 2.24. The molecule has 0 bridgehead atoms. The van der Waals surface area contributed by atoms with Crippen molar-refractivity contribution in [3.05, 3.63) is 95.4 Å². The summed E-state index contributed by atoms with van der Waals surface area (Å²) in [7, 11) is 0. The molecule has 4 heteroatoms. The van der Waals surface area contributed by atoms with Crippen LogP contribution >= 0.6 is 0 Å². The third-order valence-corrected chi connectivity index (χ3v) is 3.66. The Morgan fingerprint density at radius 1 is 0.958 bits per heavy atom. The van der Waals surface area contributed by atoms with Crippen LogP contribution in [0, 0.1) is 6.92 Å². The van der Waals surface area contributed by atoms with Gasteiger partial charge in [0.05, 0.1) is 12.1 Å². The topological polar surface area (TPSA) is 54.6 Å². The fourth-order valence-electron chi connectivity index (χ4n) is 2.53. The molecule has 1 N–H and O–H groups in total. The first kappa shape index (κ1) is 15.7. The number of rotatable bonds is 5. The number of aryl methyl sites for hydroxylation is 1. The smallest absolute Gasteiger partial charge is 0.252 e. The molecule has 3 rings (SSSR count). The Bertz CT molecular complexity index is 784. The highest BCUT2D eigenvalue weighted by atomic mass is 16.3. The molecule has 3 aromatic rings. The van der Waals surface area contributed by atoms with E-state index < -0.39 is 5.92 Å². The first-order valence-electron chi connectivity index (χ1n) is 7.73. The summed E-state index contributed by atoms with van der Waals surface area (Å²) in [5.74, 6) is 0.799. The summed E-state index contributed by atoms with van der Waals surface area (Å²) in [6.45, 7) is 1.86. The van der Waals surface area contributed by atoms with E-state index in [2.05, 4.69) is 10.5 Å². The summed E-state index contributed by atoms with van der Waals surface area (Å²) in [6.07, 6.45) is 1.50. The van der Waals surface area contributed by atoms with Crippen LogP contribution in [0.25, 0.3) is 0 Å². The SMILES string of the molecule is Cc1ccc(C=NNC(=O)C(c2ccccc2)c2ccccc2)o1. The summed E-state index contributed by atoms with van der Waals surface area (Å²) in [4.78, 5) is 12.7. The predicted octanol–water partition coefficient (Wildman–Crippen LogP) is 3.87. The Hall–Kier alpha value is -3.14. The number of furan rings is 1. The van der Waals surface area contributed by atoms with Gasteiger partial charge in [0.2, 0.25) is 0 Å². The molecule has 1 aromatic heterocycles. The molecule has 24 heavy (non-hydrogen) atoms. The van der Waals surface area contributed by atoms with Crippen LogP contribution in [0.1, 0.15) is 28.6 Å². The lowest BCUT2D eigenvalue weighted by Crippen LogP contribution is -2.26. The van der Waals surface area contributed by atoms with Crippen LogP contribution < -0.4 is 5.43 Å². The zero-order valence-electron chi connectivity index (χ0n) is 13.3. The molecule has 0 radical (unpaired) electrons. The molecule has 0 fully saturated rings. The van der Waals surface area contributed by atoms with Crippen molar-refractivity contribution >= 4 is 12.1 Å². The Morgan fingerprint density at radius 3 is 2.04 bits per heavy atom. The quantitative estimate of drug-likeness (QED) is 0.573. The Labute approximate surface area is 140 Å². The molecule has 1 heterocycles. The molecule has 0 aliphatic rings. The molecule has 4 nitrogen and oxygen atoms in total. The van der Waals surface area contributed by atoms with Crippen molar-refractivity contribution in [1.29, 1.82) is 0 Å². The summed E-state index contributed by atoms with van der Waals surface area (Å²) in [5, 5.41) is 4.01. The standard InChI is InChI=1S/C20H18N2O2/c1-15-12-13-18(24-15)14-21-22-20(23)19(16-8-4-2-5-9-16)17-10-6-3-7-11-17/h2-14,19H,1H3,(H,22,23). The van der Waals surface area contributed by atoms with Gasteiger partial charge in [-0.05, 0) is 30.2 Å². The van der Waals surface area contributed by atoms with Crippen molar-refractivity contribution in [2.24, 2.45) is 5.10 Å². The maximum absolute atomic E-state index is 12.7. The van der Waals surface area contributed by atoms with Crippen LogP contribution in [0.2, 0.25) is 0 Å². The maximum Gasteiger partial charge on any atom is 0.252 e. The fourth-order valence-corrected chi connectivity index (χ4v) is 2.53. The van der Waals surface area contributed by atoms with Gasteiger partial charge in [-0.3, -0.25) is 4.79 Å². The van der Waals surface area contributed by atoms with Crippen molar-refractivity contribution in [3.63, 3.8) is 0 Å². The number of nitrogens with zero attached hydrogens (tertiary/aromatic N) is 1. The van der Waals surface area contributed by atoms with Gasteiger partial charge in [-0.25, -0.2) is 5.43 Å². The monoisotopic (exact) mass is 318 g/mol. The number of hydrogen-bond donors (Lipinski definition) is 1. The molecule has 0 saturated heterocycles. The number of hydrazone groups is 1. The normalized spacial score (nSPS) is 11.1. The summed E-state index contributed by atoms with van der Waals surface area (Å²) >= 11 is 0. The average Bonchev–Trinajstić information content (AvgIpc) is 3.02. The van der Waals surface area contributed by atoms with Gasteiger partial charge in [0.25, 0.3) is 5.91 Å². The van der Waals surface area contributed by atoms with Crippen LogP contribution in [-0.2, 0) is 4.79 Å². The van der Waals surface area contributed by atoms with E-state index in [-0.39, 0.29) is 5.91 Å². The minimum absolute atomic E-state index is 0.188. The molecule has 0 saturated carbocycles. The van der Waals surface area contributed by atoms with Crippen molar-refractivity contribution in [3.8, 4) is 0 Å². The van der Waals surface area contributed by atoms with Gasteiger partial charge < -0.3 is 4.42 Å². The first-order valence-corrected chi connectivity index (χ1v) is 7.73. The minimum atomic E-state index is -0.414. The number of hydrogen-bond acceptors (Lipinski definition) is 3. The van der Waals surface area contributed by atoms with E-state index >= 15 is 0 Å². The highest BCUT2D eigenvalue weighted by molar-refractivity contribution is 5.88. The second kappa shape index (κ2) is 7.42. The Morgan fingerprint density at radius 2 is 1.54 bits per heavy atom. The van der Waals surface area contributed by atoms with E-state index in [1.807, 2.05) is 73.7 Å². The van der Waals surface area contributed by atoms with E-state index in [1.54, 1.807) is 6.07 Å². The number of amides is 1. The second-order valence-electron chi connectivity index (χ2n) is 5.44. The number of nitrogens with one attached hydrogen (secondary N) is 1. The average molecular weight is 318 g/mol. The summed E-state index contributed by atoms with van der Waals surface area (Å²) in [6, 6.07) is 23.0. The van der Waals surface area contributed by atoms with Gasteiger partial charge in [0.15, 0.2) is 0 Å². The molecule has 0 spiro atoms. The largest absolute Gasteiger partial charge is 0.460 e. The van der Waals surface area contributed by atoms with E-state index in [0.29, 0.717) is 5.76 Å². The Balaban J connectivity index is 1.80. The van der Waals surface area contributed by atoms with Gasteiger partial charge >= 0.3 is 0 Å². The van der Waals surface area contributed by atoms with Crippen LogP contribution in [0.15, 0.2) is 82.3 Å². The lowest BCUT2D eigenvalue weighted by Gasteiger charge is -2.16. The number of carbonyl (C=O) groups is 1. The van der Waals surface area contributed by atoms with E-state index in [0.717, 1.165) is 16.9 Å². The third-order valence-electron chi connectivity index (χ3n) is 3.66. The molecule has 120 valence electrons. The second-order valence-corrected chi connectivity index (χ2v) is 5.44. The van der Waals surface area contributed by atoms with Crippen LogP contribution in [0.3, 0.4) is 0 Å². The lowest BCUT2D eigenvalue weighted by atomic mass is 9.91. The van der Waals surface area contributed by atoms with E-state index in [1.165, 1.54) is 6.21 Å². The summed E-state index contributed by atoms with van der Waals surface area (Å²) in [5.41, 5.74) is 4.45. The molecule has 0 unspecified atom stereocenters. The zero-order chi connectivity index (χ0) is 16.8. The van der Waals surface area contributed by atoms with Gasteiger partial charge in [-0.15, -0.1) is 0 Å². The predicted molar refractivity (Wildman–Crippen MR) is 93.9 cm³/mol. The van der Waals surface area contributed by atoms with Crippen LogP contribution in [-0.4, -0.2) is 12.1 Å². The molecule has 1 amide bonds. The van der Waals surface area contributed by atoms with Gasteiger partial charge in [-0.1, -0.05) is 60.7 Å². The molecular formula is C20H18N2O2.